The Morgan fingerprint density at radius 3 is 2.67 bits per heavy atom. The molecule has 0 bridgehead atoms. The fourth-order valence-corrected chi connectivity index (χ4v) is 6.75. The number of hydrogen-bond donors (Lipinski definition) is 2. The van der Waals surface area contributed by atoms with Crippen LogP contribution in [0.4, 0.5) is 13.2 Å². The SMILES string of the molecule is CC[C@]12CC[C@@H]3c4ccc(O)cc4CC[C@H]3[C@@H]1CC=C(Cl)[C@@]2(O)C(F)(F)F. The number of halogens is 4. The summed E-state index contributed by atoms with van der Waals surface area (Å²) in [5.41, 5.74) is -2.02. The zero-order chi connectivity index (χ0) is 19.6. The van der Waals surface area contributed by atoms with Gasteiger partial charge in [0.1, 0.15) is 5.75 Å². The number of hydrogen-bond acceptors (Lipinski definition) is 2. The van der Waals surface area contributed by atoms with Gasteiger partial charge < -0.3 is 10.2 Å². The summed E-state index contributed by atoms with van der Waals surface area (Å²) >= 11 is 6.03. The van der Waals surface area contributed by atoms with Crippen molar-refractivity contribution in [1.29, 1.82) is 0 Å². The second kappa shape index (κ2) is 6.15. The highest BCUT2D eigenvalue weighted by molar-refractivity contribution is 6.31. The van der Waals surface area contributed by atoms with Crippen LogP contribution in [0.25, 0.3) is 0 Å². The normalized spacial score (nSPS) is 38.4. The van der Waals surface area contributed by atoms with Crippen molar-refractivity contribution in [3.63, 3.8) is 0 Å². The number of aromatic hydroxyl groups is 1. The maximum absolute atomic E-state index is 14.1. The van der Waals surface area contributed by atoms with E-state index < -0.39 is 22.2 Å². The van der Waals surface area contributed by atoms with Gasteiger partial charge >= 0.3 is 6.18 Å². The lowest BCUT2D eigenvalue weighted by atomic mass is 9.46. The average molecular weight is 401 g/mol. The molecular weight excluding hydrogens is 377 g/mol. The van der Waals surface area contributed by atoms with E-state index in [1.165, 1.54) is 6.08 Å². The molecular formula is C21H24ClF3O2. The second-order valence-corrected chi connectivity index (χ2v) is 8.75. The molecule has 0 amide bonds. The van der Waals surface area contributed by atoms with Gasteiger partial charge in [0.25, 0.3) is 0 Å². The Balaban J connectivity index is 1.81. The monoisotopic (exact) mass is 400 g/mol. The summed E-state index contributed by atoms with van der Waals surface area (Å²) in [4.78, 5) is 0. The van der Waals surface area contributed by atoms with Gasteiger partial charge in [-0.3, -0.25) is 0 Å². The minimum atomic E-state index is -4.81. The molecule has 0 unspecified atom stereocenters. The highest BCUT2D eigenvalue weighted by Gasteiger charge is 2.72. The van der Waals surface area contributed by atoms with E-state index in [-0.39, 0.29) is 36.3 Å². The van der Waals surface area contributed by atoms with E-state index in [4.69, 9.17) is 11.6 Å². The molecule has 0 heterocycles. The summed E-state index contributed by atoms with van der Waals surface area (Å²) in [6.07, 6.45) is -0.313. The largest absolute Gasteiger partial charge is 0.508 e. The van der Waals surface area contributed by atoms with Crippen molar-refractivity contribution in [3.05, 3.63) is 40.4 Å². The maximum Gasteiger partial charge on any atom is 0.422 e. The van der Waals surface area contributed by atoms with Gasteiger partial charge in [0.2, 0.25) is 5.60 Å². The molecule has 1 aromatic carbocycles. The van der Waals surface area contributed by atoms with Gasteiger partial charge in [-0.25, -0.2) is 0 Å². The third-order valence-corrected chi connectivity index (χ3v) is 8.00. The van der Waals surface area contributed by atoms with Gasteiger partial charge in [0.15, 0.2) is 0 Å². The lowest BCUT2D eigenvalue weighted by Gasteiger charge is -2.60. The van der Waals surface area contributed by atoms with Crippen LogP contribution in [0, 0.1) is 17.3 Å². The van der Waals surface area contributed by atoms with Crippen molar-refractivity contribution < 1.29 is 23.4 Å². The van der Waals surface area contributed by atoms with Crippen LogP contribution in [0.3, 0.4) is 0 Å². The zero-order valence-corrected chi connectivity index (χ0v) is 15.9. The van der Waals surface area contributed by atoms with E-state index in [0.29, 0.717) is 12.8 Å². The number of alkyl halides is 3. The molecule has 0 aromatic heterocycles. The number of rotatable bonds is 1. The molecule has 3 aliphatic rings. The van der Waals surface area contributed by atoms with Gasteiger partial charge in [0.05, 0.1) is 5.03 Å². The Hall–Kier alpha value is -1.20. The van der Waals surface area contributed by atoms with Crippen LogP contribution in [0.2, 0.25) is 0 Å². The summed E-state index contributed by atoms with van der Waals surface area (Å²) in [7, 11) is 0. The molecule has 5 atom stereocenters. The van der Waals surface area contributed by atoms with Crippen LogP contribution >= 0.6 is 11.6 Å². The number of allylic oxidation sites excluding steroid dienone is 1. The zero-order valence-electron chi connectivity index (χ0n) is 15.2. The summed E-state index contributed by atoms with van der Waals surface area (Å²) in [5.74, 6) is 0.203. The first kappa shape index (κ1) is 19.1. The van der Waals surface area contributed by atoms with Crippen molar-refractivity contribution in [3.8, 4) is 5.75 Å². The minimum absolute atomic E-state index is 0.0747. The van der Waals surface area contributed by atoms with Crippen molar-refractivity contribution in [2.75, 3.05) is 0 Å². The topological polar surface area (TPSA) is 40.5 Å². The van der Waals surface area contributed by atoms with E-state index in [1.807, 2.05) is 6.07 Å². The standard InChI is InChI=1S/C21H24ClF3O2/c1-2-19-10-9-15-14-6-4-13(26)11-12(14)3-5-16(15)17(19)7-8-18(22)20(19,27)21(23,24)25/h4,6,8,11,15-17,26-27H,2-3,5,7,9-10H2,1H3/t15-,16-,17+,19+,20+/m1/s1. The predicted molar refractivity (Wildman–Crippen MR) is 97.7 cm³/mol. The Labute approximate surface area is 162 Å². The van der Waals surface area contributed by atoms with Crippen LogP contribution in [0.15, 0.2) is 29.3 Å². The molecule has 1 saturated carbocycles. The van der Waals surface area contributed by atoms with Crippen LogP contribution in [-0.4, -0.2) is 22.0 Å². The Morgan fingerprint density at radius 1 is 1.26 bits per heavy atom. The lowest BCUT2D eigenvalue weighted by molar-refractivity contribution is -0.305. The van der Waals surface area contributed by atoms with Crippen LogP contribution < -0.4 is 0 Å². The number of aliphatic hydroxyl groups is 1. The first-order chi connectivity index (χ1) is 12.7. The molecule has 0 radical (unpaired) electrons. The Morgan fingerprint density at radius 2 is 2.00 bits per heavy atom. The second-order valence-electron chi connectivity index (χ2n) is 8.34. The molecule has 148 valence electrons. The average Bonchev–Trinajstić information content (AvgIpc) is 2.62. The van der Waals surface area contributed by atoms with Crippen molar-refractivity contribution in [1.82, 2.24) is 0 Å². The van der Waals surface area contributed by atoms with E-state index in [0.717, 1.165) is 24.0 Å². The minimum Gasteiger partial charge on any atom is -0.508 e. The first-order valence-electron chi connectivity index (χ1n) is 9.62. The van der Waals surface area contributed by atoms with Crippen LogP contribution in [0.1, 0.15) is 56.1 Å². The van der Waals surface area contributed by atoms with Gasteiger partial charge in [-0.15, -0.1) is 0 Å². The fourth-order valence-electron chi connectivity index (χ4n) is 6.36. The molecule has 0 aliphatic heterocycles. The maximum atomic E-state index is 14.1. The van der Waals surface area contributed by atoms with Crippen molar-refractivity contribution in [2.45, 2.75) is 63.1 Å². The van der Waals surface area contributed by atoms with E-state index in [9.17, 15) is 23.4 Å². The van der Waals surface area contributed by atoms with Crippen LogP contribution in [-0.2, 0) is 6.42 Å². The first-order valence-corrected chi connectivity index (χ1v) is 10.0. The molecule has 6 heteroatoms. The van der Waals surface area contributed by atoms with Gasteiger partial charge in [-0.1, -0.05) is 30.7 Å². The molecule has 1 aromatic rings. The Kier molecular flexibility index (Phi) is 4.36. The molecule has 0 saturated heterocycles. The molecule has 0 spiro atoms. The summed E-state index contributed by atoms with van der Waals surface area (Å²) in [6, 6.07) is 5.35. The summed E-state index contributed by atoms with van der Waals surface area (Å²) in [6.45, 7) is 1.74. The fraction of sp³-hybridized carbons (Fsp3) is 0.619. The number of aryl methyl sites for hydroxylation is 1. The molecule has 3 aliphatic carbocycles. The number of phenolic OH excluding ortho intramolecular Hbond substituents is 1. The van der Waals surface area contributed by atoms with Gasteiger partial charge in [0, 0.05) is 5.41 Å². The molecule has 2 N–H and O–H groups in total. The third kappa shape index (κ3) is 2.43. The third-order valence-electron chi connectivity index (χ3n) is 7.58. The highest BCUT2D eigenvalue weighted by atomic mass is 35.5. The molecule has 27 heavy (non-hydrogen) atoms. The Bertz CT molecular complexity index is 790. The molecule has 2 nitrogen and oxygen atoms in total. The molecule has 1 fully saturated rings. The highest BCUT2D eigenvalue weighted by Crippen LogP contribution is 2.67. The lowest BCUT2D eigenvalue weighted by Crippen LogP contribution is -2.65. The van der Waals surface area contributed by atoms with Crippen LogP contribution in [0.5, 0.6) is 5.75 Å². The predicted octanol–water partition coefficient (Wildman–Crippen LogP) is 5.66. The van der Waals surface area contributed by atoms with E-state index in [1.54, 1.807) is 19.1 Å². The number of fused-ring (bicyclic) bond motifs is 5. The van der Waals surface area contributed by atoms with Gasteiger partial charge in [-0.05, 0) is 79.5 Å². The van der Waals surface area contributed by atoms with Gasteiger partial charge in [-0.2, -0.15) is 13.2 Å². The van der Waals surface area contributed by atoms with E-state index in [2.05, 4.69) is 0 Å². The quantitative estimate of drug-likeness (QED) is 0.638. The number of phenols is 1. The van der Waals surface area contributed by atoms with Crippen molar-refractivity contribution >= 4 is 11.6 Å². The number of benzene rings is 1. The van der Waals surface area contributed by atoms with E-state index >= 15 is 0 Å². The molecule has 4 rings (SSSR count). The summed E-state index contributed by atoms with van der Waals surface area (Å²) < 4.78 is 42.2. The summed E-state index contributed by atoms with van der Waals surface area (Å²) in [5, 5.41) is 20.3. The smallest absolute Gasteiger partial charge is 0.422 e. The van der Waals surface area contributed by atoms with Crippen molar-refractivity contribution in [2.24, 2.45) is 17.3 Å².